The molecule has 0 amide bonds. The van der Waals surface area contributed by atoms with Gasteiger partial charge >= 0.3 is 0 Å². The van der Waals surface area contributed by atoms with Crippen molar-refractivity contribution in [2.24, 2.45) is 0 Å². The zero-order valence-corrected chi connectivity index (χ0v) is 16.8. The molecule has 154 valence electrons. The maximum absolute atomic E-state index is 14.1. The van der Waals surface area contributed by atoms with E-state index in [9.17, 15) is 14.0 Å². The highest BCUT2D eigenvalue weighted by Gasteiger charge is 2.17. The number of fused-ring (bicyclic) bond motifs is 1. The Morgan fingerprint density at radius 3 is 2.38 bits per heavy atom. The van der Waals surface area contributed by atoms with Crippen LogP contribution in [0.25, 0.3) is 33.9 Å². The average Bonchev–Trinajstić information content (AvgIpc) is 3.24. The third kappa shape index (κ3) is 3.61. The van der Waals surface area contributed by atoms with E-state index in [4.69, 9.17) is 0 Å². The predicted octanol–water partition coefficient (Wildman–Crippen LogP) is 5.92. The van der Waals surface area contributed by atoms with Gasteiger partial charge in [-0.25, -0.2) is 18.7 Å². The first-order valence-electron chi connectivity index (χ1n) is 9.99. The highest BCUT2D eigenvalue weighted by atomic mass is 19.2. The molecule has 0 bridgehead atoms. The van der Waals surface area contributed by atoms with Crippen molar-refractivity contribution < 1.29 is 8.78 Å². The lowest BCUT2D eigenvalue weighted by Crippen LogP contribution is -2.01. The minimum atomic E-state index is -0.950. The van der Waals surface area contributed by atoms with Gasteiger partial charge in [0.15, 0.2) is 17.5 Å². The van der Waals surface area contributed by atoms with Crippen molar-refractivity contribution in [1.29, 1.82) is 5.26 Å². The molecule has 3 aromatic carbocycles. The molecule has 0 saturated heterocycles. The fourth-order valence-corrected chi connectivity index (χ4v) is 3.68. The standard InChI is InChI=1S/C26H16F2N4/c27-22-7-3-6-21(25(22)28)26-30-23-12-13-32(16-24(23)31-26)15-17-8-10-18(11-9-17)20-5-2-1-4-19(20)14-29/h1-13,16H,15H2. The summed E-state index contributed by atoms with van der Waals surface area (Å²) in [6.45, 7) is 0.604. The Bertz CT molecular complexity index is 1430. The van der Waals surface area contributed by atoms with Crippen molar-refractivity contribution in [3.8, 4) is 40.0 Å². The fourth-order valence-electron chi connectivity index (χ4n) is 3.68. The lowest BCUT2D eigenvalue weighted by Gasteiger charge is -2.09. The van der Waals surface area contributed by atoms with Crippen LogP contribution in [-0.4, -0.2) is 14.5 Å². The Hall–Kier alpha value is -4.37. The molecule has 0 radical (unpaired) electrons. The number of hydrogen-bond donors (Lipinski definition) is 0. The highest BCUT2D eigenvalue weighted by Crippen LogP contribution is 2.28. The lowest BCUT2D eigenvalue weighted by atomic mass is 9.99. The summed E-state index contributed by atoms with van der Waals surface area (Å²) < 4.78 is 29.6. The van der Waals surface area contributed by atoms with E-state index in [0.29, 0.717) is 23.5 Å². The van der Waals surface area contributed by atoms with E-state index < -0.39 is 11.6 Å². The molecule has 6 heteroatoms. The molecule has 4 nitrogen and oxygen atoms in total. The van der Waals surface area contributed by atoms with Crippen LogP contribution in [0.1, 0.15) is 11.1 Å². The molecule has 32 heavy (non-hydrogen) atoms. The van der Waals surface area contributed by atoms with Gasteiger partial charge in [0.05, 0.1) is 22.9 Å². The SMILES string of the molecule is N#Cc1ccccc1-c1ccc(Cn2ccc3nc(-c4cccc(F)c4F)nc-3c2)cc1. The summed E-state index contributed by atoms with van der Waals surface area (Å²) in [7, 11) is 0. The third-order valence-electron chi connectivity index (χ3n) is 5.30. The second-order valence-corrected chi connectivity index (χ2v) is 7.39. The van der Waals surface area contributed by atoms with Crippen molar-refractivity contribution in [2.75, 3.05) is 0 Å². The molecule has 3 aromatic rings. The maximum Gasteiger partial charge on any atom is 0.169 e. The number of pyridine rings is 1. The largest absolute Gasteiger partial charge is 0.348 e. The number of aromatic nitrogens is 3. The van der Waals surface area contributed by atoms with Crippen LogP contribution in [0.5, 0.6) is 0 Å². The molecule has 5 rings (SSSR count). The van der Waals surface area contributed by atoms with Gasteiger partial charge in [0.1, 0.15) is 5.69 Å². The Balaban J connectivity index is 1.41. The van der Waals surface area contributed by atoms with Gasteiger partial charge < -0.3 is 4.57 Å². The Kier molecular flexibility index (Phi) is 4.92. The predicted molar refractivity (Wildman–Crippen MR) is 118 cm³/mol. The van der Waals surface area contributed by atoms with Gasteiger partial charge in [0.25, 0.3) is 0 Å². The summed E-state index contributed by atoms with van der Waals surface area (Å²) >= 11 is 0. The van der Waals surface area contributed by atoms with E-state index in [1.54, 1.807) is 12.1 Å². The second-order valence-electron chi connectivity index (χ2n) is 7.39. The molecule has 0 spiro atoms. The summed E-state index contributed by atoms with van der Waals surface area (Å²) in [6.07, 6.45) is 3.71. The van der Waals surface area contributed by atoms with Crippen LogP contribution < -0.4 is 0 Å². The van der Waals surface area contributed by atoms with Gasteiger partial charge in [0, 0.05) is 18.9 Å². The first-order valence-corrected chi connectivity index (χ1v) is 9.99. The number of hydrogen-bond acceptors (Lipinski definition) is 3. The Labute approximate surface area is 183 Å². The van der Waals surface area contributed by atoms with Crippen molar-refractivity contribution in [1.82, 2.24) is 14.5 Å². The van der Waals surface area contributed by atoms with E-state index in [-0.39, 0.29) is 11.4 Å². The van der Waals surface area contributed by atoms with Crippen molar-refractivity contribution in [3.05, 3.63) is 108 Å². The summed E-state index contributed by atoms with van der Waals surface area (Å²) in [5, 5.41) is 9.32. The van der Waals surface area contributed by atoms with E-state index >= 15 is 0 Å². The molecule has 2 heterocycles. The molecule has 0 unspecified atom stereocenters. The zero-order valence-electron chi connectivity index (χ0n) is 16.8. The molecule has 0 aromatic heterocycles. The van der Waals surface area contributed by atoms with E-state index in [1.807, 2.05) is 59.4 Å². The fraction of sp³-hybridized carbons (Fsp3) is 0.0385. The minimum absolute atomic E-state index is 0.0426. The molecule has 2 aliphatic heterocycles. The number of nitrogens with zero attached hydrogens (tertiary/aromatic N) is 4. The number of rotatable bonds is 4. The maximum atomic E-state index is 14.1. The minimum Gasteiger partial charge on any atom is -0.348 e. The van der Waals surface area contributed by atoms with Crippen LogP contribution in [0.4, 0.5) is 8.78 Å². The van der Waals surface area contributed by atoms with Crippen molar-refractivity contribution >= 4 is 0 Å². The number of halogens is 2. The zero-order chi connectivity index (χ0) is 22.1. The lowest BCUT2D eigenvalue weighted by molar-refractivity contribution is 0.510. The number of nitriles is 1. The monoisotopic (exact) mass is 422 g/mol. The molecule has 0 N–H and O–H groups in total. The molecular formula is C26H16F2N4. The quantitative estimate of drug-likeness (QED) is 0.362. The molecule has 0 saturated carbocycles. The van der Waals surface area contributed by atoms with E-state index in [1.165, 1.54) is 12.1 Å². The smallest absolute Gasteiger partial charge is 0.169 e. The summed E-state index contributed by atoms with van der Waals surface area (Å²) in [6, 6.07) is 23.5. The summed E-state index contributed by atoms with van der Waals surface area (Å²) in [5.41, 5.74) is 4.86. The highest BCUT2D eigenvalue weighted by molar-refractivity contribution is 5.70. The van der Waals surface area contributed by atoms with Crippen LogP contribution in [-0.2, 0) is 6.54 Å². The molecule has 0 atom stereocenters. The normalized spacial score (nSPS) is 10.9. The van der Waals surface area contributed by atoms with Crippen LogP contribution >= 0.6 is 0 Å². The van der Waals surface area contributed by atoms with Crippen molar-refractivity contribution in [3.63, 3.8) is 0 Å². The Morgan fingerprint density at radius 1 is 0.812 bits per heavy atom. The average molecular weight is 422 g/mol. The molecule has 0 fully saturated rings. The third-order valence-corrected chi connectivity index (χ3v) is 5.30. The first kappa shape index (κ1) is 19.6. The topological polar surface area (TPSA) is 54.5 Å². The molecule has 2 aliphatic rings. The van der Waals surface area contributed by atoms with Crippen LogP contribution in [0.3, 0.4) is 0 Å². The van der Waals surface area contributed by atoms with Gasteiger partial charge in [-0.1, -0.05) is 48.5 Å². The van der Waals surface area contributed by atoms with Gasteiger partial charge in [0.2, 0.25) is 0 Å². The molecular weight excluding hydrogens is 406 g/mol. The van der Waals surface area contributed by atoms with Gasteiger partial charge in [-0.2, -0.15) is 5.26 Å². The van der Waals surface area contributed by atoms with Gasteiger partial charge in [-0.3, -0.25) is 0 Å². The van der Waals surface area contributed by atoms with E-state index in [0.717, 1.165) is 22.8 Å². The molecule has 0 aliphatic carbocycles. The summed E-state index contributed by atoms with van der Waals surface area (Å²) in [5.74, 6) is -1.71. The Morgan fingerprint density at radius 2 is 1.56 bits per heavy atom. The van der Waals surface area contributed by atoms with Gasteiger partial charge in [-0.05, 0) is 41.0 Å². The van der Waals surface area contributed by atoms with Crippen LogP contribution in [0, 0.1) is 23.0 Å². The van der Waals surface area contributed by atoms with Crippen molar-refractivity contribution in [2.45, 2.75) is 6.54 Å². The van der Waals surface area contributed by atoms with Crippen LogP contribution in [0.15, 0.2) is 85.2 Å². The first-order chi connectivity index (χ1) is 15.6. The number of imidazole rings is 1. The van der Waals surface area contributed by atoms with Gasteiger partial charge in [-0.15, -0.1) is 0 Å². The summed E-state index contributed by atoms with van der Waals surface area (Å²) in [4.78, 5) is 8.73. The van der Waals surface area contributed by atoms with Crippen LogP contribution in [0.2, 0.25) is 0 Å². The second kappa shape index (κ2) is 8.05. The number of benzene rings is 3. The van der Waals surface area contributed by atoms with E-state index in [2.05, 4.69) is 16.0 Å².